The molecule has 0 spiro atoms. The van der Waals surface area contributed by atoms with Crippen LogP contribution < -0.4 is 60.6 Å². The number of carbonyl (C=O) groups is 5. The summed E-state index contributed by atoms with van der Waals surface area (Å²) in [4.78, 5) is 65.5. The molecule has 22 nitrogen and oxygen atoms in total. The summed E-state index contributed by atoms with van der Waals surface area (Å²) in [6.07, 6.45) is -4.27. The lowest BCUT2D eigenvalue weighted by Crippen LogP contribution is -2.70. The molecule has 0 aromatic heterocycles. The fourth-order valence-corrected chi connectivity index (χ4v) is 6.31. The van der Waals surface area contributed by atoms with Crippen molar-refractivity contribution in [1.29, 1.82) is 0 Å². The highest BCUT2D eigenvalue weighted by molar-refractivity contribution is 5.92. The Kier molecular flexibility index (Phi) is 17.8. The van der Waals surface area contributed by atoms with E-state index in [1.165, 1.54) is 0 Å². The number of aliphatic hydroxyl groups excluding tert-OH is 3. The topological polar surface area (TPSA) is 379 Å². The van der Waals surface area contributed by atoms with Crippen molar-refractivity contribution in [3.8, 4) is 0 Å². The van der Waals surface area contributed by atoms with Gasteiger partial charge in [-0.25, -0.2) is 9.79 Å². The molecule has 0 aromatic carbocycles. The Labute approximate surface area is 307 Å². The van der Waals surface area contributed by atoms with Gasteiger partial charge in [-0.05, 0) is 45.1 Å². The van der Waals surface area contributed by atoms with Crippen molar-refractivity contribution in [2.75, 3.05) is 32.8 Å². The maximum absolute atomic E-state index is 13.1. The first kappa shape index (κ1) is 43.5. The van der Waals surface area contributed by atoms with Gasteiger partial charge in [0.2, 0.25) is 23.6 Å². The average molecular weight is 759 g/mol. The molecule has 0 bridgehead atoms. The largest absolute Gasteiger partial charge is 0.441 e. The molecule has 3 rings (SSSR count). The Hall–Kier alpha value is -3.90. The van der Waals surface area contributed by atoms with Gasteiger partial charge >= 0.3 is 6.09 Å². The minimum absolute atomic E-state index is 0.0174. The number of rotatable bonds is 21. The lowest BCUT2D eigenvalue weighted by Gasteiger charge is -2.44. The van der Waals surface area contributed by atoms with Crippen LogP contribution in [0.3, 0.4) is 0 Å². The maximum Gasteiger partial charge on any atom is 0.404 e. The molecule has 0 saturated carbocycles. The lowest BCUT2D eigenvalue weighted by atomic mass is 9.95. The molecule has 11 atom stereocenters. The van der Waals surface area contributed by atoms with Crippen molar-refractivity contribution in [3.63, 3.8) is 0 Å². The number of ether oxygens (including phenoxy) is 2. The van der Waals surface area contributed by atoms with Gasteiger partial charge in [-0.2, -0.15) is 0 Å². The summed E-state index contributed by atoms with van der Waals surface area (Å²) in [6, 6.07) is -4.24. The van der Waals surface area contributed by atoms with E-state index in [9.17, 15) is 39.3 Å². The van der Waals surface area contributed by atoms with E-state index in [2.05, 4.69) is 36.9 Å². The van der Waals surface area contributed by atoms with E-state index < -0.39 is 85.4 Å². The van der Waals surface area contributed by atoms with Gasteiger partial charge in [-0.3, -0.25) is 19.2 Å². The van der Waals surface area contributed by atoms with Gasteiger partial charge in [0, 0.05) is 57.0 Å². The van der Waals surface area contributed by atoms with Crippen LogP contribution in [0.25, 0.3) is 0 Å². The highest BCUT2D eigenvalue weighted by Gasteiger charge is 2.49. The first-order valence-corrected chi connectivity index (χ1v) is 18.0. The Morgan fingerprint density at radius 1 is 0.925 bits per heavy atom. The number of amides is 5. The van der Waals surface area contributed by atoms with Crippen molar-refractivity contribution in [2.24, 2.45) is 33.7 Å². The number of nitrogens with one attached hydrogen (secondary N) is 6. The van der Waals surface area contributed by atoms with E-state index in [-0.39, 0.29) is 49.6 Å². The van der Waals surface area contributed by atoms with Gasteiger partial charge < -0.3 is 85.4 Å². The molecule has 19 N–H and O–H groups in total. The number of aliphatic imine (C=N–C) groups is 1. The number of piperidine rings is 1. The molecule has 3 aliphatic rings. The van der Waals surface area contributed by atoms with Gasteiger partial charge in [0.05, 0.1) is 18.8 Å². The predicted octanol–water partition coefficient (Wildman–Crippen LogP) is -6.53. The fraction of sp³-hybridized carbons (Fsp3) is 0.806. The number of guanidine groups is 1. The Morgan fingerprint density at radius 2 is 1.49 bits per heavy atom. The first-order valence-electron chi connectivity index (χ1n) is 18.0. The van der Waals surface area contributed by atoms with Gasteiger partial charge in [0.1, 0.15) is 18.2 Å². The van der Waals surface area contributed by atoms with Crippen LogP contribution in [-0.2, 0) is 28.7 Å². The van der Waals surface area contributed by atoms with E-state index in [1.807, 2.05) is 0 Å². The van der Waals surface area contributed by atoms with Gasteiger partial charge in [0.25, 0.3) is 0 Å². The third kappa shape index (κ3) is 14.1. The van der Waals surface area contributed by atoms with Crippen LogP contribution in [0.15, 0.2) is 4.99 Å². The highest BCUT2D eigenvalue weighted by atomic mass is 16.6. The molecule has 3 aliphatic heterocycles. The van der Waals surface area contributed by atoms with E-state index in [0.717, 1.165) is 6.42 Å². The maximum atomic E-state index is 13.1. The normalized spacial score (nSPS) is 28.2. The molecular formula is C31H58N12O10. The molecule has 2 saturated heterocycles. The van der Waals surface area contributed by atoms with Crippen molar-refractivity contribution < 1.29 is 48.8 Å². The molecule has 0 aliphatic carbocycles. The molecule has 2 fully saturated rings. The second-order valence-electron chi connectivity index (χ2n) is 13.6. The van der Waals surface area contributed by atoms with Crippen LogP contribution in [-0.4, -0.2) is 151 Å². The average Bonchev–Trinajstić information content (AvgIpc) is 3.53. The van der Waals surface area contributed by atoms with Gasteiger partial charge in [-0.15, -0.1) is 0 Å². The molecule has 2 unspecified atom stereocenters. The number of nitrogens with zero attached hydrogens (tertiary/aromatic N) is 1. The van der Waals surface area contributed by atoms with Crippen LogP contribution in [0.1, 0.15) is 57.8 Å². The zero-order chi connectivity index (χ0) is 39.1. The number of fused-ring (bicyclic) bond motifs is 1. The van der Waals surface area contributed by atoms with E-state index >= 15 is 0 Å². The monoisotopic (exact) mass is 758 g/mol. The van der Waals surface area contributed by atoms with Crippen LogP contribution in [0.5, 0.6) is 0 Å². The van der Waals surface area contributed by atoms with Crippen LogP contribution in [0.2, 0.25) is 0 Å². The SMILES string of the molecule is NCCC[C@H](N)CC(=O)NCCC[C@H](N)CC(=O)NCCC[C@H](N)CC(=O)N[C@@H]1[C@H](O)[C@@H](OC(N)=O)[C@@H](CO)O[C@H]1NC1=NC2C(=O)NC[C@@H](O)C2N1. The summed E-state index contributed by atoms with van der Waals surface area (Å²) in [6.45, 7) is 0.570. The van der Waals surface area contributed by atoms with Crippen LogP contribution in [0.4, 0.5) is 4.79 Å². The summed E-state index contributed by atoms with van der Waals surface area (Å²) >= 11 is 0. The number of hydrogen-bond acceptors (Lipinski definition) is 17. The van der Waals surface area contributed by atoms with Crippen LogP contribution in [0, 0.1) is 0 Å². The molecule has 5 amide bonds. The number of primary amides is 1. The van der Waals surface area contributed by atoms with Gasteiger partial charge in [-0.1, -0.05) is 0 Å². The quantitative estimate of drug-likeness (QED) is 0.0484. The smallest absolute Gasteiger partial charge is 0.404 e. The zero-order valence-electron chi connectivity index (χ0n) is 29.8. The van der Waals surface area contributed by atoms with Crippen molar-refractivity contribution in [1.82, 2.24) is 31.9 Å². The third-order valence-corrected chi connectivity index (χ3v) is 9.11. The molecule has 0 aromatic rings. The number of carbonyl (C=O) groups excluding carboxylic acids is 5. The molecule has 3 heterocycles. The predicted molar refractivity (Wildman–Crippen MR) is 189 cm³/mol. The molecular weight excluding hydrogens is 700 g/mol. The molecule has 302 valence electrons. The van der Waals surface area contributed by atoms with Crippen molar-refractivity contribution >= 4 is 35.7 Å². The summed E-state index contributed by atoms with van der Waals surface area (Å²) in [7, 11) is 0. The molecule has 53 heavy (non-hydrogen) atoms. The first-order chi connectivity index (χ1) is 25.2. The minimum atomic E-state index is -1.62. The fourth-order valence-electron chi connectivity index (χ4n) is 6.31. The second-order valence-corrected chi connectivity index (χ2v) is 13.6. The summed E-state index contributed by atoms with van der Waals surface area (Å²) < 4.78 is 10.8. The van der Waals surface area contributed by atoms with Gasteiger partial charge in [0.15, 0.2) is 24.3 Å². The summed E-state index contributed by atoms with van der Waals surface area (Å²) in [5.74, 6) is -1.36. The van der Waals surface area contributed by atoms with Crippen molar-refractivity contribution in [3.05, 3.63) is 0 Å². The lowest BCUT2D eigenvalue weighted by molar-refractivity contribution is -0.198. The Bertz CT molecular complexity index is 1260. The number of β-amino-alcohol motifs (C(OH)–C–C–N with tert-alkyl or cyclic N) is 1. The standard InChI is InChI=1S/C31H58N12O10/c32-7-1-4-15(33)10-20(46)37-8-2-5-16(34)11-21(47)38-9-3-6-17(35)12-22(48)40-25-26(49)27(53-30(36)51)19(14-44)52-29(25)43-31-41-23-18(45)13-39-28(50)24(23)42-31/h15-19,23-27,29,44-45,49H,1-14,32-35H2,(H2,36,51)(H,37,46)(H,38,47)(H,39,50)(H,40,48)(H2,41,42,43)/t15-,16-,17-,18+,19+,23?,24?,25+,26-,27-,29+/m0/s1. The third-order valence-electron chi connectivity index (χ3n) is 9.11. The number of hydrogen-bond donors (Lipinski definition) is 14. The Balaban J connectivity index is 1.42. The minimum Gasteiger partial charge on any atom is -0.441 e. The molecule has 22 heteroatoms. The van der Waals surface area contributed by atoms with Crippen LogP contribution >= 0.6 is 0 Å². The van der Waals surface area contributed by atoms with Crippen molar-refractivity contribution in [2.45, 2.75) is 125 Å². The highest BCUT2D eigenvalue weighted by Crippen LogP contribution is 2.24. The number of nitrogens with two attached hydrogens (primary N) is 5. The van der Waals surface area contributed by atoms with E-state index in [0.29, 0.717) is 51.7 Å². The van der Waals surface area contributed by atoms with E-state index in [1.54, 1.807) is 0 Å². The zero-order valence-corrected chi connectivity index (χ0v) is 29.8. The molecule has 0 radical (unpaired) electrons. The van der Waals surface area contributed by atoms with E-state index in [4.69, 9.17) is 38.1 Å². The summed E-state index contributed by atoms with van der Waals surface area (Å²) in [5, 5.41) is 47.9. The second kappa shape index (κ2) is 21.7. The summed E-state index contributed by atoms with van der Waals surface area (Å²) in [5.41, 5.74) is 28.8. The number of aliphatic hydroxyl groups is 3. The Morgan fingerprint density at radius 3 is 2.02 bits per heavy atom.